The summed E-state index contributed by atoms with van der Waals surface area (Å²) in [5.41, 5.74) is 1.18. The highest BCUT2D eigenvalue weighted by atomic mass is 32.1. The summed E-state index contributed by atoms with van der Waals surface area (Å²) < 4.78 is 0.973. The maximum Gasteiger partial charge on any atom is 0.310 e. The Morgan fingerprint density at radius 1 is 1.22 bits per heavy atom. The molecule has 1 amide bonds. The van der Waals surface area contributed by atoms with E-state index in [4.69, 9.17) is 0 Å². The molecule has 2 aromatic carbocycles. The van der Waals surface area contributed by atoms with Crippen LogP contribution in [0.4, 0.5) is 16.5 Å². The Balaban J connectivity index is 1.54. The highest BCUT2D eigenvalue weighted by molar-refractivity contribution is 7.22. The number of anilines is 2. The summed E-state index contributed by atoms with van der Waals surface area (Å²) in [7, 11) is 0. The fourth-order valence-electron chi connectivity index (χ4n) is 3.06. The Kier molecular flexibility index (Phi) is 4.36. The number of hydrogen-bond acceptors (Lipinski definition) is 7. The Bertz CT molecular complexity index is 1040. The van der Waals surface area contributed by atoms with Crippen molar-refractivity contribution in [3.8, 4) is 5.75 Å². The molecule has 1 saturated heterocycles. The zero-order valence-corrected chi connectivity index (χ0v) is 15.0. The average molecular weight is 384 g/mol. The van der Waals surface area contributed by atoms with Gasteiger partial charge in [0.25, 0.3) is 5.91 Å². The Morgan fingerprint density at radius 2 is 2.00 bits per heavy atom. The van der Waals surface area contributed by atoms with Gasteiger partial charge in [-0.25, -0.2) is 4.98 Å². The lowest BCUT2D eigenvalue weighted by Crippen LogP contribution is -2.16. The zero-order chi connectivity index (χ0) is 19.0. The normalized spacial score (nSPS) is 13.9. The molecule has 0 unspecified atom stereocenters. The molecule has 3 aromatic rings. The number of amides is 1. The number of carbonyl (C=O) groups is 1. The van der Waals surface area contributed by atoms with E-state index >= 15 is 0 Å². The van der Waals surface area contributed by atoms with Crippen LogP contribution in [-0.2, 0) is 0 Å². The van der Waals surface area contributed by atoms with Crippen LogP contribution in [-0.4, -0.2) is 34.0 Å². The van der Waals surface area contributed by atoms with Gasteiger partial charge in [0.15, 0.2) is 10.9 Å². The summed E-state index contributed by atoms with van der Waals surface area (Å²) >= 11 is 1.59. The molecule has 8 nitrogen and oxygen atoms in total. The molecule has 0 aliphatic carbocycles. The molecule has 0 atom stereocenters. The van der Waals surface area contributed by atoms with Crippen LogP contribution in [0, 0.1) is 10.1 Å². The lowest BCUT2D eigenvalue weighted by Gasteiger charge is -2.11. The lowest BCUT2D eigenvalue weighted by molar-refractivity contribution is -0.385. The van der Waals surface area contributed by atoms with Gasteiger partial charge in [0.1, 0.15) is 0 Å². The molecule has 0 saturated carbocycles. The van der Waals surface area contributed by atoms with Crippen molar-refractivity contribution in [1.29, 1.82) is 0 Å². The molecule has 2 heterocycles. The molecule has 2 N–H and O–H groups in total. The highest BCUT2D eigenvalue weighted by Gasteiger charge is 2.18. The first-order chi connectivity index (χ1) is 13.0. The third-order valence-electron chi connectivity index (χ3n) is 4.45. The van der Waals surface area contributed by atoms with Crippen LogP contribution in [0.3, 0.4) is 0 Å². The van der Waals surface area contributed by atoms with Gasteiger partial charge >= 0.3 is 5.69 Å². The first-order valence-electron chi connectivity index (χ1n) is 8.45. The van der Waals surface area contributed by atoms with E-state index in [-0.39, 0.29) is 5.56 Å². The number of nitro benzene ring substituents is 1. The maximum absolute atomic E-state index is 12.4. The third-order valence-corrected chi connectivity index (χ3v) is 5.52. The number of carbonyl (C=O) groups excluding carboxylic acids is 1. The lowest BCUT2D eigenvalue weighted by atomic mass is 10.1. The first-order valence-corrected chi connectivity index (χ1v) is 9.27. The number of phenols is 1. The van der Waals surface area contributed by atoms with Gasteiger partial charge in [-0.15, -0.1) is 0 Å². The average Bonchev–Trinajstić information content (AvgIpc) is 3.30. The molecule has 4 rings (SSSR count). The van der Waals surface area contributed by atoms with Crippen molar-refractivity contribution in [3.63, 3.8) is 0 Å². The van der Waals surface area contributed by atoms with Crippen LogP contribution < -0.4 is 10.2 Å². The maximum atomic E-state index is 12.4. The molecule has 1 aliphatic heterocycles. The van der Waals surface area contributed by atoms with Crippen LogP contribution in [0.1, 0.15) is 23.2 Å². The number of aromatic hydroxyl groups is 1. The zero-order valence-electron chi connectivity index (χ0n) is 14.2. The standard InChI is InChI=1S/C18H16N4O4S/c23-15-9-11(3-6-14(15)22(25)26)17(24)19-12-4-5-13-16(10-12)27-18(20-13)21-7-1-2-8-21/h3-6,9-10,23H,1-2,7-8H2,(H,19,24). The SMILES string of the molecule is O=C(Nc1ccc2nc(N3CCCC3)sc2c1)c1ccc([N+](=O)[O-])c(O)c1. The van der Waals surface area contributed by atoms with E-state index in [2.05, 4.69) is 15.2 Å². The van der Waals surface area contributed by atoms with Gasteiger partial charge in [-0.3, -0.25) is 14.9 Å². The number of benzene rings is 2. The topological polar surface area (TPSA) is 109 Å². The second-order valence-corrected chi connectivity index (χ2v) is 7.30. The minimum Gasteiger partial charge on any atom is -0.502 e. The molecule has 1 aromatic heterocycles. The summed E-state index contributed by atoms with van der Waals surface area (Å²) in [6, 6.07) is 8.98. The van der Waals surface area contributed by atoms with Crippen LogP contribution in [0.2, 0.25) is 0 Å². The molecule has 9 heteroatoms. The smallest absolute Gasteiger partial charge is 0.310 e. The number of nitrogens with one attached hydrogen (secondary N) is 1. The first kappa shape index (κ1) is 17.2. The van der Waals surface area contributed by atoms with Crippen molar-refractivity contribution >= 4 is 44.0 Å². The van der Waals surface area contributed by atoms with E-state index in [0.29, 0.717) is 5.69 Å². The fourth-order valence-corrected chi connectivity index (χ4v) is 4.11. The minimum absolute atomic E-state index is 0.139. The van der Waals surface area contributed by atoms with Gasteiger partial charge in [-0.2, -0.15) is 0 Å². The van der Waals surface area contributed by atoms with Crippen LogP contribution in [0.15, 0.2) is 36.4 Å². The van der Waals surface area contributed by atoms with Gasteiger partial charge in [0, 0.05) is 30.4 Å². The monoisotopic (exact) mass is 384 g/mol. The van der Waals surface area contributed by atoms with E-state index in [9.17, 15) is 20.0 Å². The van der Waals surface area contributed by atoms with E-state index in [1.54, 1.807) is 17.4 Å². The number of hydrogen-bond donors (Lipinski definition) is 2. The summed E-state index contributed by atoms with van der Waals surface area (Å²) in [5, 5.41) is 24.2. The minimum atomic E-state index is -0.702. The number of nitrogens with zero attached hydrogens (tertiary/aromatic N) is 3. The quantitative estimate of drug-likeness (QED) is 0.524. The molecule has 1 fully saturated rings. The predicted molar refractivity (Wildman–Crippen MR) is 104 cm³/mol. The van der Waals surface area contributed by atoms with Crippen LogP contribution in [0.5, 0.6) is 5.75 Å². The molecule has 0 bridgehead atoms. The summed E-state index contributed by atoms with van der Waals surface area (Å²) in [5.74, 6) is -0.996. The summed E-state index contributed by atoms with van der Waals surface area (Å²) in [6.45, 7) is 2.04. The molecule has 0 spiro atoms. The van der Waals surface area contributed by atoms with Crippen molar-refractivity contribution in [3.05, 3.63) is 52.1 Å². The van der Waals surface area contributed by atoms with Gasteiger partial charge in [0.05, 0.1) is 15.1 Å². The second kappa shape index (κ2) is 6.84. The number of phenolic OH excluding ortho intramolecular Hbond substituents is 1. The predicted octanol–water partition coefficient (Wildman–Crippen LogP) is 3.76. The van der Waals surface area contributed by atoms with E-state index in [0.717, 1.165) is 40.6 Å². The van der Waals surface area contributed by atoms with E-state index in [1.165, 1.54) is 18.9 Å². The largest absolute Gasteiger partial charge is 0.502 e. The molecule has 1 aliphatic rings. The number of aromatic nitrogens is 1. The van der Waals surface area contributed by atoms with Crippen molar-refractivity contribution in [2.24, 2.45) is 0 Å². The van der Waals surface area contributed by atoms with Crippen molar-refractivity contribution in [2.45, 2.75) is 12.8 Å². The number of rotatable bonds is 4. The van der Waals surface area contributed by atoms with Crippen molar-refractivity contribution in [1.82, 2.24) is 4.98 Å². The summed E-state index contributed by atoms with van der Waals surface area (Å²) in [6.07, 6.45) is 2.36. The van der Waals surface area contributed by atoms with Crippen LogP contribution >= 0.6 is 11.3 Å². The Hall–Kier alpha value is -3.20. The molecular weight excluding hydrogens is 368 g/mol. The van der Waals surface area contributed by atoms with Gasteiger partial charge < -0.3 is 15.3 Å². The summed E-state index contributed by atoms with van der Waals surface area (Å²) in [4.78, 5) is 29.3. The van der Waals surface area contributed by atoms with Crippen LogP contribution in [0.25, 0.3) is 10.2 Å². The fraction of sp³-hybridized carbons (Fsp3) is 0.222. The molecule has 0 radical (unpaired) electrons. The second-order valence-electron chi connectivity index (χ2n) is 6.29. The van der Waals surface area contributed by atoms with Crippen molar-refractivity contribution in [2.75, 3.05) is 23.3 Å². The van der Waals surface area contributed by atoms with Gasteiger partial charge in [-0.05, 0) is 43.2 Å². The number of fused-ring (bicyclic) bond motifs is 1. The Labute approximate surface area is 158 Å². The van der Waals surface area contributed by atoms with Gasteiger partial charge in [0.2, 0.25) is 0 Å². The Morgan fingerprint density at radius 3 is 2.70 bits per heavy atom. The highest BCUT2D eigenvalue weighted by Crippen LogP contribution is 2.32. The van der Waals surface area contributed by atoms with E-state index in [1.807, 2.05) is 12.1 Å². The third kappa shape index (κ3) is 3.41. The van der Waals surface area contributed by atoms with E-state index < -0.39 is 22.3 Å². The van der Waals surface area contributed by atoms with Gasteiger partial charge in [-0.1, -0.05) is 11.3 Å². The molecule has 27 heavy (non-hydrogen) atoms. The molecular formula is C18H16N4O4S. The number of thiazole rings is 1. The van der Waals surface area contributed by atoms with Crippen molar-refractivity contribution < 1.29 is 14.8 Å². The molecule has 138 valence electrons. The number of nitro groups is 1.